The van der Waals surface area contributed by atoms with Crippen LogP contribution in [0.15, 0.2) is 51.7 Å². The second-order valence-electron chi connectivity index (χ2n) is 7.20. The maximum Gasteiger partial charge on any atom is 0.262 e. The van der Waals surface area contributed by atoms with Gasteiger partial charge in [0.25, 0.3) is 5.56 Å². The van der Waals surface area contributed by atoms with Gasteiger partial charge in [0.15, 0.2) is 5.16 Å². The molecular weight excluding hydrogens is 390 g/mol. The van der Waals surface area contributed by atoms with Gasteiger partial charge in [-0.3, -0.25) is 14.2 Å². The van der Waals surface area contributed by atoms with E-state index in [9.17, 15) is 9.59 Å². The molecule has 3 heterocycles. The number of likely N-dealkylation sites (tertiary alicyclic amines) is 1. The molecule has 4 rings (SSSR count). The predicted molar refractivity (Wildman–Crippen MR) is 115 cm³/mol. The third-order valence-electron chi connectivity index (χ3n) is 5.32. The third-order valence-corrected chi connectivity index (χ3v) is 7.14. The van der Waals surface area contributed by atoms with E-state index in [4.69, 9.17) is 0 Å². The standard InChI is InChI=1S/C21H23N3O2S2/c1-23-20(26)17-9-12-27-19(17)22-21(23)28-14-18(25)24-10-7-16(8-11-24)13-15-5-3-2-4-6-15/h2-6,9,12,16H,7-8,10-11,13-14H2,1H3. The van der Waals surface area contributed by atoms with Gasteiger partial charge >= 0.3 is 0 Å². The van der Waals surface area contributed by atoms with Crippen molar-refractivity contribution < 1.29 is 4.79 Å². The molecule has 7 heteroatoms. The third kappa shape index (κ3) is 4.15. The van der Waals surface area contributed by atoms with Gasteiger partial charge in [-0.2, -0.15) is 0 Å². The zero-order valence-corrected chi connectivity index (χ0v) is 17.5. The van der Waals surface area contributed by atoms with Crippen molar-refractivity contribution in [2.75, 3.05) is 18.8 Å². The quantitative estimate of drug-likeness (QED) is 0.474. The van der Waals surface area contributed by atoms with Gasteiger partial charge in [0, 0.05) is 20.1 Å². The zero-order chi connectivity index (χ0) is 19.5. The van der Waals surface area contributed by atoms with E-state index in [1.54, 1.807) is 17.7 Å². The molecule has 1 amide bonds. The summed E-state index contributed by atoms with van der Waals surface area (Å²) in [5.41, 5.74) is 1.32. The molecule has 1 aliphatic heterocycles. The van der Waals surface area contributed by atoms with E-state index in [0.717, 1.165) is 37.2 Å². The predicted octanol–water partition coefficient (Wildman–Crippen LogP) is 3.57. The number of rotatable bonds is 5. The summed E-state index contributed by atoms with van der Waals surface area (Å²) < 4.78 is 1.54. The number of nitrogens with zero attached hydrogens (tertiary/aromatic N) is 3. The number of benzene rings is 1. The van der Waals surface area contributed by atoms with Gasteiger partial charge in [0.1, 0.15) is 4.83 Å². The summed E-state index contributed by atoms with van der Waals surface area (Å²) in [7, 11) is 1.72. The van der Waals surface area contributed by atoms with Crippen LogP contribution in [0.2, 0.25) is 0 Å². The number of hydrogen-bond donors (Lipinski definition) is 0. The van der Waals surface area contributed by atoms with Crippen LogP contribution in [0.25, 0.3) is 10.2 Å². The smallest absolute Gasteiger partial charge is 0.262 e. The lowest BCUT2D eigenvalue weighted by Gasteiger charge is -2.32. The van der Waals surface area contributed by atoms with Crippen molar-refractivity contribution in [3.05, 3.63) is 57.7 Å². The normalized spacial score (nSPS) is 15.2. The molecule has 3 aromatic rings. The number of fused-ring (bicyclic) bond motifs is 1. The van der Waals surface area contributed by atoms with Crippen molar-refractivity contribution in [2.45, 2.75) is 24.4 Å². The van der Waals surface area contributed by atoms with E-state index >= 15 is 0 Å². The fourth-order valence-electron chi connectivity index (χ4n) is 3.66. The van der Waals surface area contributed by atoms with E-state index in [-0.39, 0.29) is 11.5 Å². The molecule has 0 aliphatic carbocycles. The molecule has 1 fully saturated rings. The highest BCUT2D eigenvalue weighted by molar-refractivity contribution is 7.99. The lowest BCUT2D eigenvalue weighted by atomic mass is 9.90. The van der Waals surface area contributed by atoms with Crippen LogP contribution >= 0.6 is 23.1 Å². The number of hydrogen-bond acceptors (Lipinski definition) is 5. The number of carbonyl (C=O) groups excluding carboxylic acids is 1. The Morgan fingerprint density at radius 3 is 2.71 bits per heavy atom. The Hall–Kier alpha value is -2.12. The molecular formula is C21H23N3O2S2. The van der Waals surface area contributed by atoms with E-state index in [1.165, 1.54) is 28.7 Å². The minimum Gasteiger partial charge on any atom is -0.342 e. The molecule has 0 unspecified atom stereocenters. The number of carbonyl (C=O) groups is 1. The molecule has 0 atom stereocenters. The van der Waals surface area contributed by atoms with Crippen LogP contribution in [-0.4, -0.2) is 39.2 Å². The van der Waals surface area contributed by atoms with Crippen molar-refractivity contribution in [3.8, 4) is 0 Å². The largest absolute Gasteiger partial charge is 0.342 e. The Labute approximate surface area is 172 Å². The zero-order valence-electron chi connectivity index (χ0n) is 15.8. The van der Waals surface area contributed by atoms with Crippen molar-refractivity contribution in [1.29, 1.82) is 0 Å². The molecule has 0 N–H and O–H groups in total. The maximum absolute atomic E-state index is 12.6. The number of aromatic nitrogens is 2. The first-order valence-corrected chi connectivity index (χ1v) is 11.4. The van der Waals surface area contributed by atoms with Crippen LogP contribution in [0, 0.1) is 5.92 Å². The summed E-state index contributed by atoms with van der Waals surface area (Å²) in [6, 6.07) is 12.4. The number of amides is 1. The summed E-state index contributed by atoms with van der Waals surface area (Å²) in [5.74, 6) is 1.09. The summed E-state index contributed by atoms with van der Waals surface area (Å²) in [4.78, 5) is 32.2. The van der Waals surface area contributed by atoms with Crippen molar-refractivity contribution >= 4 is 39.2 Å². The van der Waals surface area contributed by atoms with Crippen LogP contribution in [0.1, 0.15) is 18.4 Å². The molecule has 1 aromatic carbocycles. The fourth-order valence-corrected chi connectivity index (χ4v) is 5.34. The van der Waals surface area contributed by atoms with Gasteiger partial charge in [-0.15, -0.1) is 11.3 Å². The van der Waals surface area contributed by atoms with Crippen LogP contribution in [0.3, 0.4) is 0 Å². The number of piperidine rings is 1. The van der Waals surface area contributed by atoms with Crippen LogP contribution in [0.5, 0.6) is 0 Å². The molecule has 1 aliphatic rings. The lowest BCUT2D eigenvalue weighted by Crippen LogP contribution is -2.40. The van der Waals surface area contributed by atoms with E-state index in [0.29, 0.717) is 22.2 Å². The lowest BCUT2D eigenvalue weighted by molar-refractivity contribution is -0.129. The minimum absolute atomic E-state index is 0.0528. The van der Waals surface area contributed by atoms with E-state index in [1.807, 2.05) is 16.3 Å². The van der Waals surface area contributed by atoms with E-state index < -0.39 is 0 Å². The molecule has 1 saturated heterocycles. The molecule has 0 saturated carbocycles. The Morgan fingerprint density at radius 2 is 1.96 bits per heavy atom. The molecule has 0 spiro atoms. The van der Waals surface area contributed by atoms with Gasteiger partial charge < -0.3 is 4.90 Å². The first-order valence-electron chi connectivity index (χ1n) is 9.50. The van der Waals surface area contributed by atoms with Gasteiger partial charge in [-0.05, 0) is 42.2 Å². The van der Waals surface area contributed by atoms with Crippen molar-refractivity contribution in [2.24, 2.45) is 13.0 Å². The highest BCUT2D eigenvalue weighted by Gasteiger charge is 2.23. The summed E-state index contributed by atoms with van der Waals surface area (Å²) >= 11 is 2.81. The van der Waals surface area contributed by atoms with Crippen LogP contribution in [-0.2, 0) is 18.3 Å². The van der Waals surface area contributed by atoms with Crippen LogP contribution < -0.4 is 5.56 Å². The second kappa shape index (κ2) is 8.49. The molecule has 146 valence electrons. The van der Waals surface area contributed by atoms with Gasteiger partial charge in [-0.25, -0.2) is 4.98 Å². The molecule has 0 radical (unpaired) electrons. The van der Waals surface area contributed by atoms with Gasteiger partial charge in [0.05, 0.1) is 11.1 Å². The average molecular weight is 414 g/mol. The monoisotopic (exact) mass is 413 g/mol. The average Bonchev–Trinajstić information content (AvgIpc) is 3.19. The minimum atomic E-state index is -0.0528. The molecule has 28 heavy (non-hydrogen) atoms. The van der Waals surface area contributed by atoms with Crippen LogP contribution in [0.4, 0.5) is 0 Å². The van der Waals surface area contributed by atoms with Gasteiger partial charge in [-0.1, -0.05) is 42.1 Å². The molecule has 5 nitrogen and oxygen atoms in total. The summed E-state index contributed by atoms with van der Waals surface area (Å²) in [6.45, 7) is 1.63. The fraction of sp³-hybridized carbons (Fsp3) is 0.381. The Bertz CT molecular complexity index is 1020. The topological polar surface area (TPSA) is 55.2 Å². The first kappa shape index (κ1) is 19.2. The molecule has 0 bridgehead atoms. The van der Waals surface area contributed by atoms with Crippen molar-refractivity contribution in [1.82, 2.24) is 14.5 Å². The number of thiophene rings is 1. The Balaban J connectivity index is 1.32. The highest BCUT2D eigenvalue weighted by atomic mass is 32.2. The molecule has 2 aromatic heterocycles. The van der Waals surface area contributed by atoms with Crippen molar-refractivity contribution in [3.63, 3.8) is 0 Å². The summed E-state index contributed by atoms with van der Waals surface area (Å²) in [6.07, 6.45) is 3.18. The Morgan fingerprint density at radius 1 is 1.21 bits per heavy atom. The van der Waals surface area contributed by atoms with E-state index in [2.05, 4.69) is 29.2 Å². The Kier molecular flexibility index (Phi) is 5.82. The first-order chi connectivity index (χ1) is 13.6. The highest BCUT2D eigenvalue weighted by Crippen LogP contribution is 2.24. The maximum atomic E-state index is 12.6. The number of thioether (sulfide) groups is 1. The summed E-state index contributed by atoms with van der Waals surface area (Å²) in [5, 5.41) is 3.12. The van der Waals surface area contributed by atoms with Gasteiger partial charge in [0.2, 0.25) is 5.91 Å². The second-order valence-corrected chi connectivity index (χ2v) is 9.04. The SMILES string of the molecule is Cn1c(SCC(=O)N2CCC(Cc3ccccc3)CC2)nc2sccc2c1=O.